The minimum atomic E-state index is -0.178. The molecule has 45 heavy (non-hydrogen) atoms. The third-order valence-electron chi connectivity index (χ3n) is 8.20. The molecule has 1 aliphatic rings. The van der Waals surface area contributed by atoms with E-state index in [-0.39, 0.29) is 18.1 Å². The highest BCUT2D eigenvalue weighted by Gasteiger charge is 2.31. The minimum absolute atomic E-state index is 0.0375. The molecule has 6 rings (SSSR count). The molecular weight excluding hydrogens is 566 g/mol. The monoisotopic (exact) mass is 601 g/mol. The molecule has 0 spiro atoms. The van der Waals surface area contributed by atoms with Gasteiger partial charge in [0, 0.05) is 61.9 Å². The maximum Gasteiger partial charge on any atom is 0.323 e. The van der Waals surface area contributed by atoms with Crippen LogP contribution >= 0.6 is 0 Å². The van der Waals surface area contributed by atoms with E-state index in [1.54, 1.807) is 32.9 Å². The summed E-state index contributed by atoms with van der Waals surface area (Å²) >= 11 is 0. The van der Waals surface area contributed by atoms with Crippen molar-refractivity contribution in [3.8, 4) is 28.6 Å². The zero-order valence-electron chi connectivity index (χ0n) is 25.6. The fourth-order valence-corrected chi connectivity index (χ4v) is 5.65. The molecule has 4 heterocycles. The zero-order chi connectivity index (χ0) is 31.3. The van der Waals surface area contributed by atoms with Crippen molar-refractivity contribution in [1.29, 1.82) is 5.26 Å². The summed E-state index contributed by atoms with van der Waals surface area (Å²) < 4.78 is 3.51. The summed E-state index contributed by atoms with van der Waals surface area (Å²) in [5.41, 5.74) is 5.43. The maximum absolute atomic E-state index is 13.7. The van der Waals surface area contributed by atoms with E-state index in [1.165, 1.54) is 0 Å². The Labute approximate surface area is 261 Å². The van der Waals surface area contributed by atoms with E-state index in [1.807, 2.05) is 75.7 Å². The van der Waals surface area contributed by atoms with Gasteiger partial charge in [0.1, 0.15) is 23.3 Å². The number of hydrogen-bond donors (Lipinski definition) is 2. The molecule has 0 unspecified atom stereocenters. The van der Waals surface area contributed by atoms with Crippen molar-refractivity contribution in [2.24, 2.45) is 14.1 Å². The summed E-state index contributed by atoms with van der Waals surface area (Å²) in [4.78, 5) is 29.3. The van der Waals surface area contributed by atoms with Crippen LogP contribution in [0.25, 0.3) is 22.5 Å². The number of pyridine rings is 1. The Kier molecular flexibility index (Phi) is 8.50. The maximum atomic E-state index is 13.7. The van der Waals surface area contributed by atoms with Gasteiger partial charge in [0.05, 0.1) is 18.0 Å². The number of nitrogens with one attached hydrogen (secondary N) is 2. The molecule has 228 valence electrons. The molecule has 12 nitrogen and oxygen atoms in total. The first kappa shape index (κ1) is 29.5. The highest BCUT2D eigenvalue weighted by molar-refractivity contribution is 5.91. The number of aromatic nitrogens is 7. The van der Waals surface area contributed by atoms with Crippen LogP contribution in [-0.4, -0.2) is 52.6 Å². The molecule has 2 N–H and O–H groups in total. The number of carbonyl (C=O) groups excluding carboxylic acids is 1. The molecule has 0 saturated heterocycles. The van der Waals surface area contributed by atoms with Crippen molar-refractivity contribution >= 4 is 17.8 Å². The Bertz CT molecular complexity index is 1790. The van der Waals surface area contributed by atoms with Crippen LogP contribution < -0.4 is 15.5 Å². The van der Waals surface area contributed by atoms with E-state index in [0.29, 0.717) is 35.3 Å². The molecule has 1 aromatic carbocycles. The molecule has 0 aliphatic heterocycles. The summed E-state index contributed by atoms with van der Waals surface area (Å²) in [5.74, 6) is 1.07. The van der Waals surface area contributed by atoms with Crippen LogP contribution in [0, 0.1) is 18.3 Å². The van der Waals surface area contributed by atoms with Gasteiger partial charge < -0.3 is 10.6 Å². The van der Waals surface area contributed by atoms with Gasteiger partial charge >= 0.3 is 6.03 Å². The van der Waals surface area contributed by atoms with Gasteiger partial charge in [0.25, 0.3) is 0 Å². The van der Waals surface area contributed by atoms with E-state index in [9.17, 15) is 10.1 Å². The number of urea groups is 1. The van der Waals surface area contributed by atoms with Crippen LogP contribution in [-0.2, 0) is 20.6 Å². The molecular formula is C33H35N11O. The number of nitrogens with zero attached hydrogens (tertiary/aromatic N) is 9. The first-order chi connectivity index (χ1) is 21.9. The molecule has 5 aromatic rings. The highest BCUT2D eigenvalue weighted by Crippen LogP contribution is 2.30. The van der Waals surface area contributed by atoms with E-state index in [2.05, 4.69) is 36.9 Å². The number of carbonyl (C=O) groups is 1. The van der Waals surface area contributed by atoms with Gasteiger partial charge in [-0.3, -0.25) is 14.3 Å². The second kappa shape index (κ2) is 13.0. The lowest BCUT2D eigenvalue weighted by Crippen LogP contribution is -2.49. The number of aryl methyl sites for hydroxylation is 3. The van der Waals surface area contributed by atoms with Gasteiger partial charge in [-0.25, -0.2) is 19.7 Å². The molecule has 0 radical (unpaired) electrons. The smallest absolute Gasteiger partial charge is 0.323 e. The number of hydrogen-bond acceptors (Lipinski definition) is 8. The second-order valence-corrected chi connectivity index (χ2v) is 11.3. The minimum Gasteiger partial charge on any atom is -0.351 e. The van der Waals surface area contributed by atoms with Gasteiger partial charge in [0.15, 0.2) is 0 Å². The predicted octanol–water partition coefficient (Wildman–Crippen LogP) is 4.99. The Hall–Kier alpha value is -5.57. The Morgan fingerprint density at radius 3 is 2.47 bits per heavy atom. The summed E-state index contributed by atoms with van der Waals surface area (Å²) in [6.07, 6.45) is 10.2. The second-order valence-electron chi connectivity index (χ2n) is 11.3. The van der Waals surface area contributed by atoms with Crippen molar-refractivity contribution in [2.75, 3.05) is 10.2 Å². The first-order valence-corrected chi connectivity index (χ1v) is 15.0. The SMILES string of the molecule is Cc1cc(-c2nc(NC3CCC(N(C(=O)NCc4ccccc4)c4ccc(-c5cnn(C)c5)cn4)CC3)ncc2C#N)nn1C. The largest absolute Gasteiger partial charge is 0.351 e. The molecule has 1 aliphatic carbocycles. The van der Waals surface area contributed by atoms with Crippen molar-refractivity contribution in [1.82, 2.24) is 39.8 Å². The third-order valence-corrected chi connectivity index (χ3v) is 8.20. The van der Waals surface area contributed by atoms with E-state index < -0.39 is 0 Å². The summed E-state index contributed by atoms with van der Waals surface area (Å²) in [6, 6.07) is 17.7. The van der Waals surface area contributed by atoms with Gasteiger partial charge in [0.2, 0.25) is 5.95 Å². The predicted molar refractivity (Wildman–Crippen MR) is 171 cm³/mol. The van der Waals surface area contributed by atoms with Crippen LogP contribution in [0.2, 0.25) is 0 Å². The van der Waals surface area contributed by atoms with Crippen molar-refractivity contribution in [3.05, 3.63) is 90.1 Å². The van der Waals surface area contributed by atoms with Crippen LogP contribution in [0.3, 0.4) is 0 Å². The van der Waals surface area contributed by atoms with Gasteiger partial charge in [-0.1, -0.05) is 30.3 Å². The van der Waals surface area contributed by atoms with Crippen LogP contribution in [0.5, 0.6) is 0 Å². The number of anilines is 2. The number of rotatable bonds is 8. The summed E-state index contributed by atoms with van der Waals surface area (Å²) in [5, 5.41) is 24.9. The number of benzene rings is 1. The topological polar surface area (TPSA) is 142 Å². The lowest BCUT2D eigenvalue weighted by molar-refractivity contribution is 0.240. The molecule has 12 heteroatoms. The zero-order valence-corrected chi connectivity index (χ0v) is 25.6. The average Bonchev–Trinajstić information content (AvgIpc) is 3.65. The molecule has 0 bridgehead atoms. The molecule has 2 amide bonds. The highest BCUT2D eigenvalue weighted by atomic mass is 16.2. The van der Waals surface area contributed by atoms with Crippen molar-refractivity contribution < 1.29 is 4.79 Å². The Morgan fingerprint density at radius 1 is 1.02 bits per heavy atom. The molecule has 0 atom stereocenters. The summed E-state index contributed by atoms with van der Waals surface area (Å²) in [7, 11) is 3.74. The Balaban J connectivity index is 1.17. The van der Waals surface area contributed by atoms with E-state index in [4.69, 9.17) is 4.98 Å². The van der Waals surface area contributed by atoms with Crippen molar-refractivity contribution in [2.45, 2.75) is 51.2 Å². The van der Waals surface area contributed by atoms with E-state index >= 15 is 0 Å². The number of nitriles is 1. The fourth-order valence-electron chi connectivity index (χ4n) is 5.65. The first-order valence-electron chi connectivity index (χ1n) is 15.0. The average molecular weight is 602 g/mol. The van der Waals surface area contributed by atoms with Crippen molar-refractivity contribution in [3.63, 3.8) is 0 Å². The van der Waals surface area contributed by atoms with Gasteiger partial charge in [-0.2, -0.15) is 15.5 Å². The normalized spacial score (nSPS) is 16.1. The number of amides is 2. The van der Waals surface area contributed by atoms with Gasteiger partial charge in [-0.05, 0) is 56.4 Å². The van der Waals surface area contributed by atoms with E-state index in [0.717, 1.165) is 48.1 Å². The van der Waals surface area contributed by atoms with Gasteiger partial charge in [-0.15, -0.1) is 0 Å². The lowest BCUT2D eigenvalue weighted by Gasteiger charge is -2.36. The van der Waals surface area contributed by atoms with Crippen LogP contribution in [0.15, 0.2) is 73.3 Å². The van der Waals surface area contributed by atoms with Crippen LogP contribution in [0.1, 0.15) is 42.5 Å². The van der Waals surface area contributed by atoms with Crippen LogP contribution in [0.4, 0.5) is 16.6 Å². The standard InChI is InChI=1S/C33H35N11O/c1-22-15-29(41-43(22)3)31-25(16-34)19-36-32(40-31)39-27-10-12-28(13-11-27)44(33(45)37-17-23-7-5-4-6-8-23)30-14-9-24(18-35-30)26-20-38-42(2)21-26/h4-9,14-15,18-21,27-28H,10-13,17H2,1-3H3,(H,37,45)(H,36,39,40). The fraction of sp³-hybridized carbons (Fsp3) is 0.303. The molecule has 4 aromatic heterocycles. The Morgan fingerprint density at radius 2 is 1.82 bits per heavy atom. The third kappa shape index (κ3) is 6.67. The molecule has 1 saturated carbocycles. The quantitative estimate of drug-likeness (QED) is 0.253. The lowest BCUT2D eigenvalue weighted by atomic mass is 9.90. The summed E-state index contributed by atoms with van der Waals surface area (Å²) in [6.45, 7) is 2.38. The molecule has 1 fully saturated rings.